The fourth-order valence-corrected chi connectivity index (χ4v) is 0.519. The summed E-state index contributed by atoms with van der Waals surface area (Å²) < 4.78 is 13.8. The van der Waals surface area contributed by atoms with Crippen molar-refractivity contribution in [3.63, 3.8) is 0 Å². The van der Waals surface area contributed by atoms with Crippen LogP contribution in [0.4, 0.5) is 0 Å². The molecule has 0 rings (SSSR count). The number of esters is 1. The van der Waals surface area contributed by atoms with E-state index in [-0.39, 0.29) is 13.2 Å². The van der Waals surface area contributed by atoms with Gasteiger partial charge in [-0.2, -0.15) is 0 Å². The predicted molar refractivity (Wildman–Crippen MR) is 37.9 cm³/mol. The zero-order valence-corrected chi connectivity index (χ0v) is 6.70. The third-order valence-corrected chi connectivity index (χ3v) is 0.876. The summed E-state index contributed by atoms with van der Waals surface area (Å²) in [6.07, 6.45) is -0.706. The molecule has 0 fully saturated rings. The van der Waals surface area contributed by atoms with Crippen LogP contribution in [0.1, 0.15) is 0 Å². The Bertz CT molecular complexity index is 113. The lowest BCUT2D eigenvalue weighted by Crippen LogP contribution is -2.22. The highest BCUT2D eigenvalue weighted by atomic mass is 16.6. The van der Waals surface area contributed by atoms with Gasteiger partial charge in [0.05, 0.1) is 6.61 Å². The van der Waals surface area contributed by atoms with E-state index in [9.17, 15) is 4.79 Å². The van der Waals surface area contributed by atoms with Crippen LogP contribution in [0.5, 0.6) is 0 Å². The molecule has 0 saturated heterocycles. The van der Waals surface area contributed by atoms with Crippen molar-refractivity contribution in [2.75, 3.05) is 27.4 Å². The molecule has 64 valence electrons. The van der Waals surface area contributed by atoms with E-state index in [1.165, 1.54) is 14.2 Å². The number of ether oxygens (including phenoxy) is 3. The van der Waals surface area contributed by atoms with E-state index in [4.69, 9.17) is 6.92 Å². The Morgan fingerprint density at radius 1 is 1.45 bits per heavy atom. The smallest absolute Gasteiger partial charge is 0.332 e. The van der Waals surface area contributed by atoms with Crippen molar-refractivity contribution in [2.45, 2.75) is 6.10 Å². The molecule has 4 heteroatoms. The number of methoxy groups -OCH3 is 2. The summed E-state index contributed by atoms with van der Waals surface area (Å²) >= 11 is 0. The van der Waals surface area contributed by atoms with Gasteiger partial charge >= 0.3 is 5.97 Å². The van der Waals surface area contributed by atoms with Crippen LogP contribution in [0.25, 0.3) is 0 Å². The Hall–Kier alpha value is -0.610. The molecule has 0 amide bonds. The first kappa shape index (κ1) is 10.4. The average molecular weight is 160 g/mol. The Balaban J connectivity index is 3.40. The van der Waals surface area contributed by atoms with Crippen LogP contribution in [0, 0.1) is 6.92 Å². The first-order valence-corrected chi connectivity index (χ1v) is 3.13. The van der Waals surface area contributed by atoms with E-state index >= 15 is 0 Å². The quantitative estimate of drug-likeness (QED) is 0.527. The maximum Gasteiger partial charge on any atom is 0.332 e. The fourth-order valence-electron chi connectivity index (χ4n) is 0.519. The van der Waals surface area contributed by atoms with Crippen LogP contribution in [-0.2, 0) is 19.0 Å². The maximum absolute atomic E-state index is 10.6. The van der Waals surface area contributed by atoms with Gasteiger partial charge in [-0.05, 0) is 0 Å². The van der Waals surface area contributed by atoms with Gasteiger partial charge in [0.2, 0.25) is 0 Å². The summed E-state index contributed by atoms with van der Waals surface area (Å²) in [5.41, 5.74) is 0. The van der Waals surface area contributed by atoms with Crippen molar-refractivity contribution in [3.05, 3.63) is 6.92 Å². The number of carbonyl (C=O) groups is 1. The molecule has 0 saturated carbocycles. The lowest BCUT2D eigenvalue weighted by Gasteiger charge is -2.10. The van der Waals surface area contributed by atoms with E-state index in [1.54, 1.807) is 0 Å². The number of hydrogen-bond acceptors (Lipinski definition) is 4. The second kappa shape index (κ2) is 6.12. The molecule has 0 aromatic rings. The van der Waals surface area contributed by atoms with Gasteiger partial charge in [-0.15, -0.1) is 0 Å². The zero-order chi connectivity index (χ0) is 8.69. The molecule has 1 atom stereocenters. The van der Waals surface area contributed by atoms with Crippen LogP contribution in [-0.4, -0.2) is 39.5 Å². The van der Waals surface area contributed by atoms with E-state index in [0.717, 1.165) is 0 Å². The predicted octanol–water partition coefficient (Wildman–Crippen LogP) is -0.0979. The monoisotopic (exact) mass is 160 g/mol. The molecular formula is C7H12O4. The van der Waals surface area contributed by atoms with Crippen LogP contribution < -0.4 is 0 Å². The van der Waals surface area contributed by atoms with Gasteiger partial charge in [-0.1, -0.05) is 0 Å². The van der Waals surface area contributed by atoms with E-state index < -0.39 is 12.1 Å². The van der Waals surface area contributed by atoms with Crippen molar-refractivity contribution < 1.29 is 19.0 Å². The number of rotatable bonds is 5. The molecule has 0 aromatic heterocycles. The lowest BCUT2D eigenvalue weighted by atomic mass is 10.4. The molecule has 2 radical (unpaired) electrons. The molecule has 0 spiro atoms. The normalized spacial score (nSPS) is 12.6. The van der Waals surface area contributed by atoms with Crippen LogP contribution >= 0.6 is 0 Å². The van der Waals surface area contributed by atoms with Crippen molar-refractivity contribution in [2.24, 2.45) is 0 Å². The molecule has 0 aliphatic carbocycles. The topological polar surface area (TPSA) is 44.8 Å². The molecule has 0 N–H and O–H groups in total. The Morgan fingerprint density at radius 2 is 2.09 bits per heavy atom. The van der Waals surface area contributed by atoms with Crippen LogP contribution in [0.3, 0.4) is 0 Å². The van der Waals surface area contributed by atoms with Gasteiger partial charge in [0.15, 0.2) is 0 Å². The van der Waals surface area contributed by atoms with Gasteiger partial charge in [-0.25, -0.2) is 4.79 Å². The molecule has 1 unspecified atom stereocenters. The van der Waals surface area contributed by atoms with E-state index in [1.807, 2.05) is 0 Å². The summed E-state index contributed by atoms with van der Waals surface area (Å²) in [5, 5.41) is 0. The third-order valence-electron chi connectivity index (χ3n) is 0.876. The van der Waals surface area contributed by atoms with Gasteiger partial charge in [0, 0.05) is 21.1 Å². The van der Waals surface area contributed by atoms with Crippen LogP contribution in [0.15, 0.2) is 0 Å². The van der Waals surface area contributed by atoms with E-state index in [2.05, 4.69) is 14.2 Å². The molecule has 11 heavy (non-hydrogen) atoms. The highest BCUT2D eigenvalue weighted by Gasteiger charge is 2.07. The summed E-state index contributed by atoms with van der Waals surface area (Å²) in [6.45, 7) is 5.40. The maximum atomic E-state index is 10.6. The second-order valence-electron chi connectivity index (χ2n) is 1.92. The second-order valence-corrected chi connectivity index (χ2v) is 1.92. The minimum Gasteiger partial charge on any atom is -0.458 e. The molecule has 0 bridgehead atoms. The largest absolute Gasteiger partial charge is 0.458 e. The first-order valence-electron chi connectivity index (χ1n) is 3.13. The Kier molecular flexibility index (Phi) is 5.78. The summed E-state index contributed by atoms with van der Waals surface area (Å²) in [5.74, 6) is -0.489. The van der Waals surface area contributed by atoms with Crippen molar-refractivity contribution in [1.82, 2.24) is 0 Å². The van der Waals surface area contributed by atoms with Gasteiger partial charge in [-0.3, -0.25) is 0 Å². The zero-order valence-electron chi connectivity index (χ0n) is 6.70. The highest BCUT2D eigenvalue weighted by Crippen LogP contribution is 1.91. The SMILES string of the molecule is [CH]C(COC)OC(=O)COC. The standard InChI is InChI=1S/C7H12O4/c1-6(4-9-2)11-7(8)5-10-3/h1,6H,4-5H2,2-3H3. The van der Waals surface area contributed by atoms with Crippen LogP contribution in [0.2, 0.25) is 0 Å². The third kappa shape index (κ3) is 5.82. The fraction of sp³-hybridized carbons (Fsp3) is 0.714. The molecule has 0 aliphatic rings. The summed E-state index contributed by atoms with van der Waals surface area (Å²) in [4.78, 5) is 10.6. The first-order chi connectivity index (χ1) is 5.20. The number of carbonyl (C=O) groups excluding carboxylic acids is 1. The van der Waals surface area contributed by atoms with E-state index in [0.29, 0.717) is 0 Å². The van der Waals surface area contributed by atoms with Gasteiger partial charge in [0.1, 0.15) is 12.7 Å². The minimum absolute atomic E-state index is 0.0859. The van der Waals surface area contributed by atoms with Crippen molar-refractivity contribution in [1.29, 1.82) is 0 Å². The molecule has 4 nitrogen and oxygen atoms in total. The summed E-state index contributed by atoms with van der Waals surface area (Å²) in [7, 11) is 2.88. The van der Waals surface area contributed by atoms with Gasteiger partial charge in [0.25, 0.3) is 0 Å². The Morgan fingerprint density at radius 3 is 2.55 bits per heavy atom. The molecule has 0 heterocycles. The van der Waals surface area contributed by atoms with Crippen molar-refractivity contribution >= 4 is 5.97 Å². The van der Waals surface area contributed by atoms with Gasteiger partial charge < -0.3 is 14.2 Å². The highest BCUT2D eigenvalue weighted by molar-refractivity contribution is 5.70. The summed E-state index contributed by atoms with van der Waals surface area (Å²) in [6, 6.07) is 0. The minimum atomic E-state index is -0.706. The Labute approximate surface area is 66.4 Å². The molecular weight excluding hydrogens is 148 g/mol. The molecule has 0 aliphatic heterocycles. The number of hydrogen-bond donors (Lipinski definition) is 0. The average Bonchev–Trinajstić information content (AvgIpc) is 1.87. The lowest BCUT2D eigenvalue weighted by molar-refractivity contribution is -0.153. The van der Waals surface area contributed by atoms with Crippen molar-refractivity contribution in [3.8, 4) is 0 Å². The molecule has 0 aromatic carbocycles.